The number of aryl methyl sites for hydroxylation is 1. The van der Waals surface area contributed by atoms with Gasteiger partial charge in [0, 0.05) is 51.7 Å². The Balaban J connectivity index is 1.52. The van der Waals surface area contributed by atoms with Crippen molar-refractivity contribution >= 4 is 5.91 Å². The number of carbonyl (C=O) groups is 1. The first-order chi connectivity index (χ1) is 10.6. The third-order valence-electron chi connectivity index (χ3n) is 4.79. The second-order valence-corrected chi connectivity index (χ2v) is 6.46. The summed E-state index contributed by atoms with van der Waals surface area (Å²) in [7, 11) is 2.15. The summed E-state index contributed by atoms with van der Waals surface area (Å²) in [6, 6.07) is 7.66. The number of benzene rings is 1. The predicted molar refractivity (Wildman–Crippen MR) is 85.9 cm³/mol. The quantitative estimate of drug-likeness (QED) is 0.896. The first kappa shape index (κ1) is 15.3. The number of phenols is 1. The number of carbonyl (C=O) groups excluding carboxylic acids is 1. The van der Waals surface area contributed by atoms with Gasteiger partial charge < -0.3 is 14.9 Å². The van der Waals surface area contributed by atoms with Gasteiger partial charge in [-0.2, -0.15) is 0 Å². The maximum atomic E-state index is 12.4. The van der Waals surface area contributed by atoms with Gasteiger partial charge in [0.15, 0.2) is 0 Å². The maximum Gasteiger partial charge on any atom is 0.222 e. The third kappa shape index (κ3) is 3.59. The number of aromatic hydroxyl groups is 1. The second kappa shape index (κ2) is 6.67. The molecule has 0 saturated carbocycles. The van der Waals surface area contributed by atoms with Crippen LogP contribution >= 0.6 is 0 Å². The van der Waals surface area contributed by atoms with Crippen molar-refractivity contribution in [1.29, 1.82) is 0 Å². The summed E-state index contributed by atoms with van der Waals surface area (Å²) in [5.41, 5.74) is 1.02. The molecule has 120 valence electrons. The molecule has 5 heteroatoms. The zero-order chi connectivity index (χ0) is 15.5. The highest BCUT2D eigenvalue weighted by Crippen LogP contribution is 2.17. The van der Waals surface area contributed by atoms with Crippen LogP contribution in [0.3, 0.4) is 0 Å². The minimum atomic E-state index is 0.233. The minimum absolute atomic E-state index is 0.233. The molecule has 0 aliphatic carbocycles. The molecule has 3 rings (SSSR count). The lowest BCUT2D eigenvalue weighted by Crippen LogP contribution is -2.62. The summed E-state index contributed by atoms with van der Waals surface area (Å²) < 4.78 is 0. The van der Waals surface area contributed by atoms with Crippen molar-refractivity contribution < 1.29 is 9.90 Å². The lowest BCUT2D eigenvalue weighted by atomic mass is 10.1. The number of fused-ring (bicyclic) bond motifs is 1. The van der Waals surface area contributed by atoms with E-state index in [2.05, 4.69) is 16.8 Å². The summed E-state index contributed by atoms with van der Waals surface area (Å²) in [5, 5.41) is 9.48. The van der Waals surface area contributed by atoms with E-state index in [0.717, 1.165) is 44.8 Å². The Morgan fingerprint density at radius 1 is 1.23 bits per heavy atom. The van der Waals surface area contributed by atoms with Gasteiger partial charge in [-0.15, -0.1) is 0 Å². The number of amides is 1. The Bertz CT molecular complexity index is 534. The van der Waals surface area contributed by atoms with Crippen LogP contribution in [-0.4, -0.2) is 78.1 Å². The molecule has 1 amide bonds. The Morgan fingerprint density at radius 2 is 2.05 bits per heavy atom. The Labute approximate surface area is 132 Å². The third-order valence-corrected chi connectivity index (χ3v) is 4.79. The lowest BCUT2D eigenvalue weighted by Gasteiger charge is -2.46. The number of phenolic OH excluding ortho intramolecular Hbond substituents is 1. The molecule has 22 heavy (non-hydrogen) atoms. The molecule has 2 aliphatic rings. The van der Waals surface area contributed by atoms with Crippen LogP contribution in [0.25, 0.3) is 0 Å². The van der Waals surface area contributed by atoms with Crippen LogP contribution in [-0.2, 0) is 11.2 Å². The molecule has 0 spiro atoms. The van der Waals surface area contributed by atoms with E-state index >= 15 is 0 Å². The van der Waals surface area contributed by atoms with Crippen LogP contribution < -0.4 is 0 Å². The summed E-state index contributed by atoms with van der Waals surface area (Å²) in [6.45, 7) is 5.99. The van der Waals surface area contributed by atoms with Gasteiger partial charge in [0.2, 0.25) is 5.91 Å². The predicted octanol–water partition coefficient (Wildman–Crippen LogP) is 0.783. The highest BCUT2D eigenvalue weighted by Gasteiger charge is 2.32. The monoisotopic (exact) mass is 303 g/mol. The molecular formula is C17H25N3O2. The van der Waals surface area contributed by atoms with Gasteiger partial charge in [-0.1, -0.05) is 12.1 Å². The number of nitrogens with zero attached hydrogens (tertiary/aromatic N) is 3. The molecule has 2 aliphatic heterocycles. The van der Waals surface area contributed by atoms with Crippen molar-refractivity contribution in [2.75, 3.05) is 46.3 Å². The van der Waals surface area contributed by atoms with Crippen LogP contribution in [0.15, 0.2) is 24.3 Å². The largest absolute Gasteiger partial charge is 0.508 e. The van der Waals surface area contributed by atoms with Gasteiger partial charge in [0.25, 0.3) is 0 Å². The molecule has 1 aromatic rings. The van der Waals surface area contributed by atoms with Crippen molar-refractivity contribution in [3.63, 3.8) is 0 Å². The van der Waals surface area contributed by atoms with E-state index < -0.39 is 0 Å². The van der Waals surface area contributed by atoms with E-state index in [1.165, 1.54) is 0 Å². The zero-order valence-corrected chi connectivity index (χ0v) is 13.2. The zero-order valence-electron chi connectivity index (χ0n) is 13.2. The molecule has 0 radical (unpaired) electrons. The minimum Gasteiger partial charge on any atom is -0.508 e. The fraction of sp³-hybridized carbons (Fsp3) is 0.588. The second-order valence-electron chi connectivity index (χ2n) is 6.46. The first-order valence-corrected chi connectivity index (χ1v) is 8.10. The van der Waals surface area contributed by atoms with Gasteiger partial charge in [0.1, 0.15) is 5.75 Å². The molecule has 5 nitrogen and oxygen atoms in total. The van der Waals surface area contributed by atoms with Gasteiger partial charge in [-0.3, -0.25) is 9.69 Å². The number of piperazine rings is 2. The van der Waals surface area contributed by atoms with Crippen LogP contribution in [0.4, 0.5) is 0 Å². The summed E-state index contributed by atoms with van der Waals surface area (Å²) in [5.74, 6) is 0.500. The van der Waals surface area contributed by atoms with Crippen molar-refractivity contribution in [3.8, 4) is 5.75 Å². The molecule has 2 saturated heterocycles. The molecule has 1 N–H and O–H groups in total. The summed E-state index contributed by atoms with van der Waals surface area (Å²) >= 11 is 0. The molecule has 1 aromatic carbocycles. The summed E-state index contributed by atoms with van der Waals surface area (Å²) in [6.07, 6.45) is 1.21. The molecule has 0 unspecified atom stereocenters. The fourth-order valence-electron chi connectivity index (χ4n) is 3.46. The molecule has 0 bridgehead atoms. The Morgan fingerprint density at radius 3 is 2.86 bits per heavy atom. The van der Waals surface area contributed by atoms with Crippen LogP contribution in [0.1, 0.15) is 12.0 Å². The van der Waals surface area contributed by atoms with E-state index in [1.54, 1.807) is 12.1 Å². The van der Waals surface area contributed by atoms with Crippen LogP contribution in [0.5, 0.6) is 5.75 Å². The first-order valence-electron chi connectivity index (χ1n) is 8.10. The highest BCUT2D eigenvalue weighted by molar-refractivity contribution is 5.76. The average molecular weight is 303 g/mol. The average Bonchev–Trinajstić information content (AvgIpc) is 2.52. The summed E-state index contributed by atoms with van der Waals surface area (Å²) in [4.78, 5) is 19.3. The van der Waals surface area contributed by atoms with Gasteiger partial charge >= 0.3 is 0 Å². The van der Waals surface area contributed by atoms with Gasteiger partial charge in [0.05, 0.1) is 0 Å². The fourth-order valence-corrected chi connectivity index (χ4v) is 3.46. The topological polar surface area (TPSA) is 47.0 Å². The Hall–Kier alpha value is -1.59. The van der Waals surface area contributed by atoms with E-state index in [0.29, 0.717) is 18.9 Å². The smallest absolute Gasteiger partial charge is 0.222 e. The maximum absolute atomic E-state index is 12.4. The van der Waals surface area contributed by atoms with Gasteiger partial charge in [-0.25, -0.2) is 0 Å². The van der Waals surface area contributed by atoms with Gasteiger partial charge in [-0.05, 0) is 31.2 Å². The molecule has 2 heterocycles. The molecule has 0 aromatic heterocycles. The standard InChI is InChI=1S/C17H25N3O2/c1-18-7-8-19-9-10-20(13-15(19)12-18)17(22)6-5-14-3-2-4-16(21)11-14/h2-4,11,15,21H,5-10,12-13H2,1H3/t15-/m1/s1. The van der Waals surface area contributed by atoms with E-state index in [1.807, 2.05) is 17.0 Å². The van der Waals surface area contributed by atoms with Crippen molar-refractivity contribution in [1.82, 2.24) is 14.7 Å². The van der Waals surface area contributed by atoms with Crippen molar-refractivity contribution in [3.05, 3.63) is 29.8 Å². The van der Waals surface area contributed by atoms with Crippen LogP contribution in [0.2, 0.25) is 0 Å². The van der Waals surface area contributed by atoms with E-state index in [-0.39, 0.29) is 11.7 Å². The van der Waals surface area contributed by atoms with E-state index in [9.17, 15) is 9.90 Å². The number of rotatable bonds is 3. The Kier molecular flexibility index (Phi) is 4.64. The van der Waals surface area contributed by atoms with Crippen LogP contribution in [0, 0.1) is 0 Å². The number of hydrogen-bond acceptors (Lipinski definition) is 4. The number of likely N-dealkylation sites (N-methyl/N-ethyl adjacent to an activating group) is 1. The SMILES string of the molecule is CN1CCN2CCN(C(=O)CCc3cccc(O)c3)C[C@H]2C1. The molecule has 2 fully saturated rings. The number of hydrogen-bond donors (Lipinski definition) is 1. The molecular weight excluding hydrogens is 278 g/mol. The van der Waals surface area contributed by atoms with E-state index in [4.69, 9.17) is 0 Å². The van der Waals surface area contributed by atoms with Crippen molar-refractivity contribution in [2.45, 2.75) is 18.9 Å². The van der Waals surface area contributed by atoms with Crippen molar-refractivity contribution in [2.24, 2.45) is 0 Å². The molecule has 1 atom stereocenters. The normalized spacial score (nSPS) is 23.3. The highest BCUT2D eigenvalue weighted by atomic mass is 16.3. The lowest BCUT2D eigenvalue weighted by molar-refractivity contribution is -0.135.